The van der Waals surface area contributed by atoms with E-state index in [0.717, 1.165) is 23.1 Å². The molecular weight excluding hydrogens is 350 g/mol. The lowest BCUT2D eigenvalue weighted by Crippen LogP contribution is -2.25. The summed E-state index contributed by atoms with van der Waals surface area (Å²) in [6.07, 6.45) is 3.55. The van der Waals surface area contributed by atoms with Crippen LogP contribution in [-0.4, -0.2) is 10.7 Å². The Bertz CT molecular complexity index is 882. The number of allylic oxidation sites excluding steroid dienone is 2. The molecule has 0 aromatic heterocycles. The van der Waals surface area contributed by atoms with E-state index in [1.54, 1.807) is 6.08 Å². The van der Waals surface area contributed by atoms with E-state index in [2.05, 4.69) is 13.8 Å². The normalized spacial score (nSPS) is 18.2. The largest absolute Gasteiger partial charge is 0.295 e. The highest BCUT2D eigenvalue weighted by Crippen LogP contribution is 2.43. The zero-order valence-corrected chi connectivity index (χ0v) is 16.7. The van der Waals surface area contributed by atoms with Crippen molar-refractivity contribution in [2.45, 2.75) is 52.0 Å². The van der Waals surface area contributed by atoms with E-state index >= 15 is 0 Å². The summed E-state index contributed by atoms with van der Waals surface area (Å²) < 4.78 is 0. The number of carbonyl (C=O) groups excluding carboxylic acids is 1. The van der Waals surface area contributed by atoms with Crippen molar-refractivity contribution in [3.63, 3.8) is 0 Å². The maximum absolute atomic E-state index is 12.2. The van der Waals surface area contributed by atoms with Gasteiger partial charge in [-0.1, -0.05) is 79.6 Å². The van der Waals surface area contributed by atoms with Crippen LogP contribution in [0.2, 0.25) is 0 Å². The van der Waals surface area contributed by atoms with E-state index in [1.807, 2.05) is 61.5 Å². The van der Waals surface area contributed by atoms with Crippen molar-refractivity contribution in [1.29, 1.82) is 0 Å². The van der Waals surface area contributed by atoms with Crippen LogP contribution in [0.25, 0.3) is 0 Å². The summed E-state index contributed by atoms with van der Waals surface area (Å²) in [5.74, 6) is -0.210. The van der Waals surface area contributed by atoms with Crippen LogP contribution in [0.15, 0.2) is 66.2 Å². The van der Waals surface area contributed by atoms with Gasteiger partial charge < -0.3 is 0 Å². The minimum absolute atomic E-state index is 0.101. The average molecular weight is 377 g/mol. The number of carbonyl (C=O) groups is 1. The van der Waals surface area contributed by atoms with Gasteiger partial charge in [-0.05, 0) is 36.8 Å². The van der Waals surface area contributed by atoms with E-state index in [4.69, 9.17) is 0 Å². The lowest BCUT2D eigenvalue weighted by molar-refractivity contribution is -0.533. The summed E-state index contributed by atoms with van der Waals surface area (Å²) in [5.41, 5.74) is 3.61. The van der Waals surface area contributed by atoms with Gasteiger partial charge in [0.1, 0.15) is 0 Å². The molecule has 0 N–H and O–H groups in total. The highest BCUT2D eigenvalue weighted by Gasteiger charge is 2.37. The molecule has 0 spiro atoms. The highest BCUT2D eigenvalue weighted by atomic mass is 16.6. The van der Waals surface area contributed by atoms with Gasteiger partial charge in [-0.3, -0.25) is 14.9 Å². The first-order valence-corrected chi connectivity index (χ1v) is 9.72. The zero-order chi connectivity index (χ0) is 20.3. The standard InChI is InChI=1S/C24H27NO3/c1-17-9-11-20(12-10-17)23(25(27)28)22(19-7-5-4-6-8-19)14-18-13-21(26)16-24(2,3)15-18/h4-13,22-23H,14-16H2,1-3H3/t22-,23+/m1/s1. The number of nitro groups is 1. The molecule has 0 bridgehead atoms. The molecule has 2 aromatic rings. The molecule has 4 heteroatoms. The number of benzene rings is 2. The summed E-state index contributed by atoms with van der Waals surface area (Å²) in [7, 11) is 0. The first-order chi connectivity index (χ1) is 13.2. The summed E-state index contributed by atoms with van der Waals surface area (Å²) in [6.45, 7) is 6.14. The molecule has 28 heavy (non-hydrogen) atoms. The van der Waals surface area contributed by atoms with Gasteiger partial charge in [0, 0.05) is 16.9 Å². The van der Waals surface area contributed by atoms with E-state index in [-0.39, 0.29) is 22.0 Å². The topological polar surface area (TPSA) is 60.2 Å². The van der Waals surface area contributed by atoms with Crippen LogP contribution in [0.1, 0.15) is 61.8 Å². The SMILES string of the molecule is Cc1ccc([C@@H]([C@H](CC2=CC(=O)CC(C)(C)C2)c2ccccc2)[N+](=O)[O-])cc1. The molecule has 2 aromatic carbocycles. The number of hydrogen-bond acceptors (Lipinski definition) is 3. The van der Waals surface area contributed by atoms with Gasteiger partial charge in [0.05, 0.1) is 5.92 Å². The van der Waals surface area contributed by atoms with Crippen LogP contribution < -0.4 is 0 Å². The van der Waals surface area contributed by atoms with E-state index in [1.165, 1.54) is 0 Å². The smallest absolute Gasteiger partial charge is 0.245 e. The Balaban J connectivity index is 2.02. The van der Waals surface area contributed by atoms with Crippen molar-refractivity contribution in [1.82, 2.24) is 0 Å². The molecule has 4 nitrogen and oxygen atoms in total. The summed E-state index contributed by atoms with van der Waals surface area (Å²) in [6, 6.07) is 16.3. The number of hydrogen-bond donors (Lipinski definition) is 0. The Kier molecular flexibility index (Phi) is 5.78. The third kappa shape index (κ3) is 4.75. The molecule has 146 valence electrons. The Morgan fingerprint density at radius 2 is 1.64 bits per heavy atom. The van der Waals surface area contributed by atoms with Crippen molar-refractivity contribution in [2.75, 3.05) is 0 Å². The van der Waals surface area contributed by atoms with E-state index in [9.17, 15) is 14.9 Å². The molecule has 0 saturated heterocycles. The number of rotatable bonds is 6. The Labute approximate surface area is 166 Å². The van der Waals surface area contributed by atoms with Gasteiger partial charge in [-0.2, -0.15) is 0 Å². The van der Waals surface area contributed by atoms with Crippen LogP contribution in [0.3, 0.4) is 0 Å². The summed E-state index contributed by atoms with van der Waals surface area (Å²) in [5, 5.41) is 12.2. The van der Waals surface area contributed by atoms with Crippen LogP contribution in [-0.2, 0) is 4.79 Å². The van der Waals surface area contributed by atoms with Crippen molar-refractivity contribution < 1.29 is 9.72 Å². The second-order valence-electron chi connectivity index (χ2n) is 8.65. The maximum Gasteiger partial charge on any atom is 0.245 e. The molecule has 0 fully saturated rings. The third-order valence-corrected chi connectivity index (χ3v) is 5.46. The molecule has 0 aliphatic heterocycles. The Hall–Kier alpha value is -2.75. The third-order valence-electron chi connectivity index (χ3n) is 5.46. The van der Waals surface area contributed by atoms with Crippen LogP contribution in [0, 0.1) is 22.5 Å². The number of nitrogens with zero attached hydrogens (tertiary/aromatic N) is 1. The van der Waals surface area contributed by atoms with Crippen molar-refractivity contribution >= 4 is 5.78 Å². The lowest BCUT2D eigenvalue weighted by atomic mass is 9.73. The van der Waals surface area contributed by atoms with Gasteiger partial charge in [0.2, 0.25) is 6.04 Å². The molecule has 0 amide bonds. The van der Waals surface area contributed by atoms with Crippen molar-refractivity contribution in [2.24, 2.45) is 5.41 Å². The first-order valence-electron chi connectivity index (χ1n) is 9.72. The second kappa shape index (κ2) is 8.09. The second-order valence-corrected chi connectivity index (χ2v) is 8.65. The van der Waals surface area contributed by atoms with Crippen LogP contribution in [0.5, 0.6) is 0 Å². The molecule has 0 unspecified atom stereocenters. The first kappa shape index (κ1) is 20.0. The van der Waals surface area contributed by atoms with Gasteiger partial charge in [0.15, 0.2) is 5.78 Å². The molecule has 0 saturated carbocycles. The minimum atomic E-state index is -0.857. The molecule has 2 atom stereocenters. The molecular formula is C24H27NO3. The zero-order valence-electron chi connectivity index (χ0n) is 16.7. The molecule has 1 aliphatic carbocycles. The van der Waals surface area contributed by atoms with Gasteiger partial charge in [-0.25, -0.2) is 0 Å². The van der Waals surface area contributed by atoms with Crippen LogP contribution >= 0.6 is 0 Å². The molecule has 3 rings (SSSR count). The lowest BCUT2D eigenvalue weighted by Gasteiger charge is -2.31. The molecule has 0 heterocycles. The predicted octanol–water partition coefficient (Wildman–Crippen LogP) is 5.80. The predicted molar refractivity (Wildman–Crippen MR) is 111 cm³/mol. The van der Waals surface area contributed by atoms with Crippen molar-refractivity contribution in [3.8, 4) is 0 Å². The fourth-order valence-corrected chi connectivity index (χ4v) is 4.27. The summed E-state index contributed by atoms with van der Waals surface area (Å²) >= 11 is 0. The van der Waals surface area contributed by atoms with Crippen LogP contribution in [0.4, 0.5) is 0 Å². The molecule has 0 radical (unpaired) electrons. The Morgan fingerprint density at radius 1 is 1.00 bits per heavy atom. The quantitative estimate of drug-likeness (QED) is 0.472. The number of aryl methyl sites for hydroxylation is 1. The maximum atomic E-state index is 12.2. The minimum Gasteiger partial charge on any atom is -0.295 e. The van der Waals surface area contributed by atoms with Gasteiger partial charge >= 0.3 is 0 Å². The average Bonchev–Trinajstić information content (AvgIpc) is 2.61. The fraction of sp³-hybridized carbons (Fsp3) is 0.375. The van der Waals surface area contributed by atoms with E-state index < -0.39 is 6.04 Å². The van der Waals surface area contributed by atoms with Gasteiger partial charge in [0.25, 0.3) is 0 Å². The Morgan fingerprint density at radius 3 is 2.21 bits per heavy atom. The molecule has 1 aliphatic rings. The number of ketones is 1. The van der Waals surface area contributed by atoms with E-state index in [0.29, 0.717) is 18.4 Å². The van der Waals surface area contributed by atoms with Crippen molar-refractivity contribution in [3.05, 3.63) is 93.1 Å². The highest BCUT2D eigenvalue weighted by molar-refractivity contribution is 5.91. The van der Waals surface area contributed by atoms with Gasteiger partial charge in [-0.15, -0.1) is 0 Å². The summed E-state index contributed by atoms with van der Waals surface area (Å²) in [4.78, 5) is 24.2. The fourth-order valence-electron chi connectivity index (χ4n) is 4.27. The monoisotopic (exact) mass is 377 g/mol.